The van der Waals surface area contributed by atoms with Crippen LogP contribution in [-0.4, -0.2) is 49.7 Å². The highest BCUT2D eigenvalue weighted by atomic mass is 16.6. The van der Waals surface area contributed by atoms with E-state index in [-0.39, 0.29) is 19.6 Å². The zero-order valence-electron chi connectivity index (χ0n) is 15.3. The number of hydrogen-bond donors (Lipinski definition) is 1. The molecule has 142 valence electrons. The molecule has 0 atom stereocenters. The molecule has 8 nitrogen and oxygen atoms in total. The maximum Gasteiger partial charge on any atom is 0.344 e. The lowest BCUT2D eigenvalue weighted by Gasteiger charge is -2.29. The second-order valence-electron chi connectivity index (χ2n) is 5.39. The van der Waals surface area contributed by atoms with Crippen LogP contribution in [0.25, 0.3) is 0 Å². The normalized spacial score (nSPS) is 10.6. The Kier molecular flexibility index (Phi) is 7.77. The molecule has 0 bridgehead atoms. The first kappa shape index (κ1) is 21.1. The Balaban J connectivity index is 3.28. The number of esters is 3. The SMILES string of the molecule is CCOC(=O)C(Cc1ccc(C(=O)OC)cc1)(NC(C)=O)C(=O)OCC. The summed E-state index contributed by atoms with van der Waals surface area (Å²) < 4.78 is 14.6. The van der Waals surface area contributed by atoms with Crippen LogP contribution in [0.1, 0.15) is 36.7 Å². The Morgan fingerprint density at radius 2 is 1.46 bits per heavy atom. The molecule has 0 unspecified atom stereocenters. The molecule has 0 aliphatic carbocycles. The summed E-state index contributed by atoms with van der Waals surface area (Å²) in [5, 5.41) is 2.38. The van der Waals surface area contributed by atoms with Gasteiger partial charge in [0.1, 0.15) is 0 Å². The molecule has 0 spiro atoms. The van der Waals surface area contributed by atoms with E-state index in [1.165, 1.54) is 26.2 Å². The highest BCUT2D eigenvalue weighted by molar-refractivity contribution is 6.08. The van der Waals surface area contributed by atoms with Crippen LogP contribution >= 0.6 is 0 Å². The Morgan fingerprint density at radius 3 is 1.85 bits per heavy atom. The quantitative estimate of drug-likeness (QED) is 0.416. The monoisotopic (exact) mass is 365 g/mol. The van der Waals surface area contributed by atoms with E-state index in [1.807, 2.05) is 0 Å². The second-order valence-corrected chi connectivity index (χ2v) is 5.39. The predicted molar refractivity (Wildman–Crippen MR) is 91.3 cm³/mol. The van der Waals surface area contributed by atoms with Crippen molar-refractivity contribution in [2.24, 2.45) is 0 Å². The summed E-state index contributed by atoms with van der Waals surface area (Å²) in [4.78, 5) is 48.2. The van der Waals surface area contributed by atoms with E-state index < -0.39 is 29.4 Å². The van der Waals surface area contributed by atoms with Crippen LogP contribution in [0.15, 0.2) is 24.3 Å². The van der Waals surface area contributed by atoms with Crippen molar-refractivity contribution in [2.45, 2.75) is 32.7 Å². The third kappa shape index (κ3) is 5.05. The number of carbonyl (C=O) groups excluding carboxylic acids is 4. The summed E-state index contributed by atoms with van der Waals surface area (Å²) in [5.41, 5.74) is -1.17. The number of benzene rings is 1. The molecule has 0 heterocycles. The summed E-state index contributed by atoms with van der Waals surface area (Å²) in [6, 6.07) is 6.11. The number of rotatable bonds is 8. The number of ether oxygens (including phenoxy) is 3. The number of hydrogen-bond acceptors (Lipinski definition) is 7. The van der Waals surface area contributed by atoms with Gasteiger partial charge in [-0.2, -0.15) is 0 Å². The topological polar surface area (TPSA) is 108 Å². The van der Waals surface area contributed by atoms with Crippen LogP contribution in [0.3, 0.4) is 0 Å². The maximum atomic E-state index is 12.5. The minimum absolute atomic E-state index is 0.0286. The minimum atomic E-state index is -2.01. The van der Waals surface area contributed by atoms with Crippen LogP contribution in [0, 0.1) is 0 Å². The van der Waals surface area contributed by atoms with Crippen LogP contribution < -0.4 is 5.32 Å². The zero-order chi connectivity index (χ0) is 19.7. The molecule has 0 radical (unpaired) electrons. The van der Waals surface area contributed by atoms with Crippen molar-refractivity contribution in [1.82, 2.24) is 5.32 Å². The molecule has 1 aromatic rings. The zero-order valence-corrected chi connectivity index (χ0v) is 15.3. The number of nitrogens with one attached hydrogen (secondary N) is 1. The first-order valence-electron chi connectivity index (χ1n) is 8.11. The Labute approximate surface area is 151 Å². The first-order valence-corrected chi connectivity index (χ1v) is 8.11. The van der Waals surface area contributed by atoms with E-state index in [4.69, 9.17) is 9.47 Å². The smallest absolute Gasteiger partial charge is 0.344 e. The Bertz CT molecular complexity index is 649. The van der Waals surface area contributed by atoms with E-state index in [1.54, 1.807) is 26.0 Å². The molecule has 0 aromatic heterocycles. The van der Waals surface area contributed by atoms with Gasteiger partial charge in [-0.15, -0.1) is 0 Å². The lowest BCUT2D eigenvalue weighted by atomic mass is 9.90. The second kappa shape index (κ2) is 9.55. The summed E-state index contributed by atoms with van der Waals surface area (Å²) in [6.45, 7) is 4.43. The van der Waals surface area contributed by atoms with Crippen LogP contribution in [0.2, 0.25) is 0 Å². The van der Waals surface area contributed by atoms with E-state index in [9.17, 15) is 19.2 Å². The van der Waals surface area contributed by atoms with E-state index in [2.05, 4.69) is 10.1 Å². The van der Waals surface area contributed by atoms with Crippen molar-refractivity contribution < 1.29 is 33.4 Å². The van der Waals surface area contributed by atoms with Gasteiger partial charge in [0, 0.05) is 13.3 Å². The molecule has 0 aliphatic heterocycles. The van der Waals surface area contributed by atoms with Gasteiger partial charge in [0.25, 0.3) is 0 Å². The highest BCUT2D eigenvalue weighted by Crippen LogP contribution is 2.19. The molecular formula is C18H23NO7. The summed E-state index contributed by atoms with van der Waals surface area (Å²) >= 11 is 0. The Morgan fingerprint density at radius 1 is 0.962 bits per heavy atom. The van der Waals surface area contributed by atoms with Crippen molar-refractivity contribution >= 4 is 23.8 Å². The van der Waals surface area contributed by atoms with Gasteiger partial charge in [0.2, 0.25) is 11.4 Å². The maximum absolute atomic E-state index is 12.5. The van der Waals surface area contributed by atoms with Gasteiger partial charge in [-0.25, -0.2) is 14.4 Å². The fourth-order valence-electron chi connectivity index (χ4n) is 2.37. The van der Waals surface area contributed by atoms with Crippen molar-refractivity contribution in [2.75, 3.05) is 20.3 Å². The van der Waals surface area contributed by atoms with E-state index >= 15 is 0 Å². The predicted octanol–water partition coefficient (Wildman–Crippen LogP) is 1.02. The van der Waals surface area contributed by atoms with Crippen LogP contribution in [0.5, 0.6) is 0 Å². The largest absolute Gasteiger partial charge is 0.465 e. The molecule has 1 rings (SSSR count). The minimum Gasteiger partial charge on any atom is -0.465 e. The molecule has 0 saturated heterocycles. The molecule has 8 heteroatoms. The highest BCUT2D eigenvalue weighted by Gasteiger charge is 2.50. The number of amides is 1. The van der Waals surface area contributed by atoms with E-state index in [0.717, 1.165) is 0 Å². The van der Waals surface area contributed by atoms with Gasteiger partial charge in [0.15, 0.2) is 0 Å². The summed E-state index contributed by atoms with van der Waals surface area (Å²) in [7, 11) is 1.26. The molecule has 26 heavy (non-hydrogen) atoms. The van der Waals surface area contributed by atoms with Gasteiger partial charge in [-0.3, -0.25) is 4.79 Å². The third-order valence-electron chi connectivity index (χ3n) is 3.48. The molecule has 0 saturated carbocycles. The van der Waals surface area contributed by atoms with Gasteiger partial charge in [-0.1, -0.05) is 12.1 Å². The van der Waals surface area contributed by atoms with Crippen LogP contribution in [-0.2, 0) is 35.0 Å². The molecule has 0 fully saturated rings. The third-order valence-corrected chi connectivity index (χ3v) is 3.48. The number of carbonyl (C=O) groups is 4. The summed E-state index contributed by atoms with van der Waals surface area (Å²) in [6.07, 6.45) is -0.189. The number of methoxy groups -OCH3 is 1. The molecule has 1 amide bonds. The van der Waals surface area contributed by atoms with Gasteiger partial charge < -0.3 is 19.5 Å². The lowest BCUT2D eigenvalue weighted by molar-refractivity contribution is -0.168. The lowest BCUT2D eigenvalue weighted by Crippen LogP contribution is -2.62. The van der Waals surface area contributed by atoms with Crippen molar-refractivity contribution in [1.29, 1.82) is 0 Å². The summed E-state index contributed by atoms with van der Waals surface area (Å²) in [5.74, 6) is -2.92. The molecule has 1 N–H and O–H groups in total. The van der Waals surface area contributed by atoms with Crippen LogP contribution in [0.4, 0.5) is 0 Å². The fraction of sp³-hybridized carbons (Fsp3) is 0.444. The van der Waals surface area contributed by atoms with Crippen molar-refractivity contribution in [3.05, 3.63) is 35.4 Å². The van der Waals surface area contributed by atoms with Gasteiger partial charge in [-0.05, 0) is 31.5 Å². The van der Waals surface area contributed by atoms with Crippen molar-refractivity contribution in [3.63, 3.8) is 0 Å². The Hall–Kier alpha value is -2.90. The first-order chi connectivity index (χ1) is 12.3. The molecule has 0 aliphatic rings. The van der Waals surface area contributed by atoms with Crippen molar-refractivity contribution in [3.8, 4) is 0 Å². The van der Waals surface area contributed by atoms with Gasteiger partial charge in [0.05, 0.1) is 25.9 Å². The average Bonchev–Trinajstić information content (AvgIpc) is 2.61. The molecular weight excluding hydrogens is 342 g/mol. The average molecular weight is 365 g/mol. The van der Waals surface area contributed by atoms with E-state index in [0.29, 0.717) is 11.1 Å². The standard InChI is InChI=1S/C18H23NO7/c1-5-25-16(22)18(19-12(3)20,17(23)26-6-2)11-13-7-9-14(10-8-13)15(21)24-4/h7-10H,5-6,11H2,1-4H3,(H,19,20). The van der Waals surface area contributed by atoms with Gasteiger partial charge >= 0.3 is 17.9 Å². The molecule has 1 aromatic carbocycles. The fourth-order valence-corrected chi connectivity index (χ4v) is 2.37.